The van der Waals surface area contributed by atoms with Crippen molar-refractivity contribution in [1.82, 2.24) is 9.88 Å². The lowest BCUT2D eigenvalue weighted by atomic mass is 9.96. The molecule has 5 nitrogen and oxygen atoms in total. The number of halogens is 4. The van der Waals surface area contributed by atoms with Crippen LogP contribution in [-0.4, -0.2) is 42.0 Å². The van der Waals surface area contributed by atoms with E-state index in [1.54, 1.807) is 17.0 Å². The number of rotatable bonds is 6. The number of hydrogen-bond donors (Lipinski definition) is 2. The number of carbonyl (C=O) groups is 1. The summed E-state index contributed by atoms with van der Waals surface area (Å²) >= 11 is 6.08. The highest BCUT2D eigenvalue weighted by Crippen LogP contribution is 2.33. The highest BCUT2D eigenvalue weighted by atomic mass is 35.5. The van der Waals surface area contributed by atoms with Gasteiger partial charge in [0.2, 0.25) is 5.91 Å². The molecule has 2 heterocycles. The van der Waals surface area contributed by atoms with Crippen LogP contribution in [-0.2, 0) is 11.0 Å². The van der Waals surface area contributed by atoms with E-state index in [1.165, 1.54) is 13.1 Å². The molecule has 0 aliphatic carbocycles. The summed E-state index contributed by atoms with van der Waals surface area (Å²) in [7, 11) is 0. The molecule has 0 bridgehead atoms. The van der Waals surface area contributed by atoms with Crippen LogP contribution in [0.4, 0.5) is 24.5 Å². The lowest BCUT2D eigenvalue weighted by molar-refractivity contribution is -0.141. The number of para-hydroxylation sites is 1. The van der Waals surface area contributed by atoms with E-state index in [2.05, 4.69) is 15.6 Å². The second kappa shape index (κ2) is 9.55. The first kappa shape index (κ1) is 22.2. The van der Waals surface area contributed by atoms with Crippen molar-refractivity contribution in [3.8, 4) is 0 Å². The minimum absolute atomic E-state index is 0.00104. The number of benzene rings is 1. The lowest BCUT2D eigenvalue weighted by Crippen LogP contribution is -2.42. The van der Waals surface area contributed by atoms with E-state index in [0.717, 1.165) is 18.5 Å². The Labute approximate surface area is 178 Å². The van der Waals surface area contributed by atoms with E-state index < -0.39 is 11.9 Å². The van der Waals surface area contributed by atoms with Gasteiger partial charge in [0.1, 0.15) is 5.69 Å². The van der Waals surface area contributed by atoms with Crippen molar-refractivity contribution in [2.75, 3.05) is 36.8 Å². The third kappa shape index (κ3) is 5.56. The smallest absolute Gasteiger partial charge is 0.384 e. The molecular weight excluding hydrogens is 417 g/mol. The number of nitrogens with one attached hydrogen (secondary N) is 2. The number of anilines is 2. The number of alkyl halides is 3. The van der Waals surface area contributed by atoms with Crippen molar-refractivity contribution in [2.24, 2.45) is 5.92 Å². The molecule has 0 saturated carbocycles. The van der Waals surface area contributed by atoms with Crippen molar-refractivity contribution < 1.29 is 18.0 Å². The molecule has 1 aromatic carbocycles. The minimum Gasteiger partial charge on any atom is -0.384 e. The van der Waals surface area contributed by atoms with Crippen molar-refractivity contribution in [2.45, 2.75) is 25.9 Å². The van der Waals surface area contributed by atoms with Crippen LogP contribution >= 0.6 is 11.6 Å². The molecule has 162 valence electrons. The van der Waals surface area contributed by atoms with Gasteiger partial charge >= 0.3 is 6.18 Å². The average Bonchev–Trinajstić information content (AvgIpc) is 2.72. The highest BCUT2D eigenvalue weighted by Gasteiger charge is 2.35. The van der Waals surface area contributed by atoms with Gasteiger partial charge in [0.05, 0.1) is 17.3 Å². The van der Waals surface area contributed by atoms with Gasteiger partial charge in [0.25, 0.3) is 0 Å². The number of amides is 1. The van der Waals surface area contributed by atoms with Gasteiger partial charge in [0.15, 0.2) is 0 Å². The predicted octanol–water partition coefficient (Wildman–Crippen LogP) is 4.82. The molecule has 2 N–H and O–H groups in total. The van der Waals surface area contributed by atoms with Crippen LogP contribution in [0.25, 0.3) is 0 Å². The van der Waals surface area contributed by atoms with E-state index >= 15 is 0 Å². The molecule has 1 aromatic heterocycles. The second-order valence-electron chi connectivity index (χ2n) is 7.37. The van der Waals surface area contributed by atoms with Gasteiger partial charge in [-0.15, -0.1) is 0 Å². The number of hydrogen-bond acceptors (Lipinski definition) is 4. The number of pyridine rings is 1. The topological polar surface area (TPSA) is 57.3 Å². The fourth-order valence-corrected chi connectivity index (χ4v) is 3.74. The number of piperidine rings is 1. The average molecular weight is 441 g/mol. The van der Waals surface area contributed by atoms with Crippen LogP contribution < -0.4 is 10.6 Å². The van der Waals surface area contributed by atoms with Gasteiger partial charge in [-0.1, -0.05) is 23.7 Å². The summed E-state index contributed by atoms with van der Waals surface area (Å²) in [6.07, 6.45) is -1.71. The molecule has 1 saturated heterocycles. The van der Waals surface area contributed by atoms with Crippen LogP contribution in [0.5, 0.6) is 0 Å². The fraction of sp³-hybridized carbons (Fsp3) is 0.429. The monoisotopic (exact) mass is 440 g/mol. The molecule has 9 heteroatoms. The normalized spacial score (nSPS) is 15.2. The third-order valence-electron chi connectivity index (χ3n) is 5.32. The summed E-state index contributed by atoms with van der Waals surface area (Å²) in [6, 6.07) is 8.81. The Morgan fingerprint density at radius 2 is 1.87 bits per heavy atom. The Morgan fingerprint density at radius 1 is 1.17 bits per heavy atom. The van der Waals surface area contributed by atoms with E-state index in [4.69, 9.17) is 11.6 Å². The summed E-state index contributed by atoms with van der Waals surface area (Å²) in [5.41, 5.74) is 0.402. The second-order valence-corrected chi connectivity index (χ2v) is 7.78. The van der Waals surface area contributed by atoms with Crippen LogP contribution in [0.15, 0.2) is 36.5 Å². The zero-order chi connectivity index (χ0) is 21.7. The molecule has 1 fully saturated rings. The molecule has 1 amide bonds. The number of likely N-dealkylation sites (tertiary alicyclic amines) is 1. The summed E-state index contributed by atoms with van der Waals surface area (Å²) < 4.78 is 39.0. The molecule has 1 aliphatic heterocycles. The maximum Gasteiger partial charge on any atom is 0.433 e. The Balaban J connectivity index is 1.46. The zero-order valence-electron chi connectivity index (χ0n) is 16.6. The van der Waals surface area contributed by atoms with Crippen molar-refractivity contribution in [3.63, 3.8) is 0 Å². The van der Waals surface area contributed by atoms with Crippen LogP contribution in [0.1, 0.15) is 24.1 Å². The molecule has 1 aliphatic rings. The van der Waals surface area contributed by atoms with Gasteiger partial charge < -0.3 is 15.5 Å². The quantitative estimate of drug-likeness (QED) is 0.675. The van der Waals surface area contributed by atoms with Crippen LogP contribution in [0.3, 0.4) is 0 Å². The SMILES string of the molecule is Cc1c(NCC2CCN(C(=O)CNc3ccccc3Cl)CC2)ccnc1C(F)(F)F. The first-order chi connectivity index (χ1) is 14.3. The molecule has 3 rings (SSSR count). The molecular formula is C21H24ClF3N4O. The maximum absolute atomic E-state index is 13.0. The Kier molecular flexibility index (Phi) is 7.07. The van der Waals surface area contributed by atoms with Crippen molar-refractivity contribution in [3.05, 3.63) is 52.8 Å². The highest BCUT2D eigenvalue weighted by molar-refractivity contribution is 6.33. The van der Waals surface area contributed by atoms with E-state index in [9.17, 15) is 18.0 Å². The largest absolute Gasteiger partial charge is 0.433 e. The molecule has 30 heavy (non-hydrogen) atoms. The van der Waals surface area contributed by atoms with Crippen molar-refractivity contribution in [1.29, 1.82) is 0 Å². The molecule has 0 spiro atoms. The fourth-order valence-electron chi connectivity index (χ4n) is 3.54. The van der Waals surface area contributed by atoms with Gasteiger partial charge in [-0.3, -0.25) is 9.78 Å². The molecule has 0 unspecified atom stereocenters. The van der Waals surface area contributed by atoms with Gasteiger partial charge in [-0.05, 0) is 43.9 Å². The third-order valence-corrected chi connectivity index (χ3v) is 5.65. The Bertz CT molecular complexity index is 883. The maximum atomic E-state index is 13.0. The minimum atomic E-state index is -4.47. The lowest BCUT2D eigenvalue weighted by Gasteiger charge is -2.32. The van der Waals surface area contributed by atoms with Gasteiger partial charge in [-0.25, -0.2) is 0 Å². The summed E-state index contributed by atoms with van der Waals surface area (Å²) in [6.45, 7) is 3.40. The number of aromatic nitrogens is 1. The Morgan fingerprint density at radius 3 is 2.53 bits per heavy atom. The predicted molar refractivity (Wildman–Crippen MR) is 112 cm³/mol. The van der Waals surface area contributed by atoms with Gasteiger partial charge in [-0.2, -0.15) is 13.2 Å². The van der Waals surface area contributed by atoms with Crippen molar-refractivity contribution >= 4 is 28.9 Å². The van der Waals surface area contributed by atoms with Crippen LogP contribution in [0.2, 0.25) is 5.02 Å². The van der Waals surface area contributed by atoms with E-state index in [-0.39, 0.29) is 23.9 Å². The van der Waals surface area contributed by atoms with E-state index in [0.29, 0.717) is 30.3 Å². The zero-order valence-corrected chi connectivity index (χ0v) is 17.4. The van der Waals surface area contributed by atoms with Gasteiger partial charge in [0, 0.05) is 37.1 Å². The first-order valence-corrected chi connectivity index (χ1v) is 10.2. The summed E-state index contributed by atoms with van der Waals surface area (Å²) in [4.78, 5) is 17.7. The molecule has 0 atom stereocenters. The molecule has 0 radical (unpaired) electrons. The standard InChI is InChI=1S/C21H24ClF3N4O/c1-14-17(6-9-26-20(14)21(23,24)25)27-12-15-7-10-29(11-8-15)19(30)13-28-18-5-3-2-4-16(18)22/h2-6,9,15,28H,7-8,10-13H2,1H3,(H,26,27). The Hall–Kier alpha value is -2.48. The summed E-state index contributed by atoms with van der Waals surface area (Å²) in [5, 5.41) is 6.74. The van der Waals surface area contributed by atoms with E-state index in [1.807, 2.05) is 18.2 Å². The summed E-state index contributed by atoms with van der Waals surface area (Å²) in [5.74, 6) is 0.286. The number of carbonyl (C=O) groups excluding carboxylic acids is 1. The van der Waals surface area contributed by atoms with Crippen LogP contribution in [0, 0.1) is 12.8 Å². The first-order valence-electron chi connectivity index (χ1n) is 9.78. The number of nitrogens with zero attached hydrogens (tertiary/aromatic N) is 2. The molecule has 2 aromatic rings.